The first kappa shape index (κ1) is 16.7. The van der Waals surface area contributed by atoms with Crippen LogP contribution in [0.2, 0.25) is 0 Å². The number of aromatic nitrogens is 2. The van der Waals surface area contributed by atoms with E-state index in [1.807, 2.05) is 65.5 Å². The highest BCUT2D eigenvalue weighted by Crippen LogP contribution is 2.44. The van der Waals surface area contributed by atoms with Crippen LogP contribution in [0.15, 0.2) is 67.0 Å². The van der Waals surface area contributed by atoms with Crippen LogP contribution in [-0.2, 0) is 16.8 Å². The SMILES string of the molecule is O=C(c1ccc(Cn2cccn2)cc1)N1CCC2(C1)C(=O)Nc1ccccc12. The number of hydrogen-bond donors (Lipinski definition) is 1. The Labute approximate surface area is 162 Å². The van der Waals surface area contributed by atoms with Crippen molar-refractivity contribution < 1.29 is 9.59 Å². The van der Waals surface area contributed by atoms with Gasteiger partial charge in [-0.05, 0) is 41.8 Å². The number of benzene rings is 2. The van der Waals surface area contributed by atoms with Gasteiger partial charge in [0.05, 0.1) is 12.0 Å². The minimum Gasteiger partial charge on any atom is -0.337 e. The summed E-state index contributed by atoms with van der Waals surface area (Å²) in [4.78, 5) is 27.5. The maximum absolute atomic E-state index is 13.0. The summed E-state index contributed by atoms with van der Waals surface area (Å²) in [6.07, 6.45) is 4.31. The summed E-state index contributed by atoms with van der Waals surface area (Å²) in [5.41, 5.74) is 2.98. The molecule has 5 rings (SSSR count). The molecule has 1 N–H and O–H groups in total. The molecular formula is C22H20N4O2. The molecule has 2 aliphatic rings. The smallest absolute Gasteiger partial charge is 0.253 e. The van der Waals surface area contributed by atoms with E-state index in [1.54, 1.807) is 11.1 Å². The third-order valence-electron chi connectivity index (χ3n) is 5.79. The molecule has 0 saturated carbocycles. The Morgan fingerprint density at radius 2 is 1.93 bits per heavy atom. The molecule has 28 heavy (non-hydrogen) atoms. The van der Waals surface area contributed by atoms with Gasteiger partial charge in [-0.15, -0.1) is 0 Å². The maximum atomic E-state index is 13.0. The molecule has 3 aromatic rings. The number of anilines is 1. The van der Waals surface area contributed by atoms with Gasteiger partial charge in [0.1, 0.15) is 0 Å². The highest BCUT2D eigenvalue weighted by Gasteiger charge is 2.51. The summed E-state index contributed by atoms with van der Waals surface area (Å²) in [7, 11) is 0. The highest BCUT2D eigenvalue weighted by molar-refractivity contribution is 6.07. The number of fused-ring (bicyclic) bond motifs is 2. The van der Waals surface area contributed by atoms with Crippen LogP contribution in [-0.4, -0.2) is 39.6 Å². The quantitative estimate of drug-likeness (QED) is 0.769. The summed E-state index contributed by atoms with van der Waals surface area (Å²) >= 11 is 0. The van der Waals surface area contributed by atoms with Crippen molar-refractivity contribution >= 4 is 17.5 Å². The van der Waals surface area contributed by atoms with E-state index in [0.29, 0.717) is 31.6 Å². The van der Waals surface area contributed by atoms with Crippen molar-refractivity contribution in [1.29, 1.82) is 0 Å². The Morgan fingerprint density at radius 3 is 2.71 bits per heavy atom. The number of amides is 2. The first-order valence-electron chi connectivity index (χ1n) is 9.42. The molecule has 1 atom stereocenters. The van der Waals surface area contributed by atoms with E-state index < -0.39 is 5.41 Å². The fourth-order valence-corrected chi connectivity index (χ4v) is 4.28. The van der Waals surface area contributed by atoms with Crippen LogP contribution in [0, 0.1) is 0 Å². The van der Waals surface area contributed by atoms with Gasteiger partial charge in [-0.1, -0.05) is 30.3 Å². The standard InChI is InChI=1S/C22H20N4O2/c27-20(17-8-6-16(7-9-17)14-26-12-3-11-23-26)25-13-10-22(15-25)18-4-1-2-5-19(18)24-21(22)28/h1-9,11-12H,10,13-15H2,(H,24,28). The van der Waals surface area contributed by atoms with E-state index >= 15 is 0 Å². The molecule has 1 spiro atoms. The number of nitrogens with zero attached hydrogens (tertiary/aromatic N) is 3. The van der Waals surface area contributed by atoms with Crippen LogP contribution in [0.25, 0.3) is 0 Å². The molecule has 2 amide bonds. The van der Waals surface area contributed by atoms with Gasteiger partial charge in [0.15, 0.2) is 0 Å². The molecule has 6 nitrogen and oxygen atoms in total. The second-order valence-corrected chi connectivity index (χ2v) is 7.46. The summed E-state index contributed by atoms with van der Waals surface area (Å²) in [5.74, 6) is -0.0294. The average molecular weight is 372 g/mol. The molecular weight excluding hydrogens is 352 g/mol. The topological polar surface area (TPSA) is 67.2 Å². The Hall–Kier alpha value is -3.41. The molecule has 1 saturated heterocycles. The predicted octanol–water partition coefficient (Wildman–Crippen LogP) is 2.67. The summed E-state index contributed by atoms with van der Waals surface area (Å²) in [5, 5.41) is 7.17. The van der Waals surface area contributed by atoms with Gasteiger partial charge < -0.3 is 10.2 Å². The molecule has 2 aromatic carbocycles. The van der Waals surface area contributed by atoms with Gasteiger partial charge in [-0.2, -0.15) is 5.10 Å². The number of carbonyl (C=O) groups is 2. The molecule has 0 radical (unpaired) electrons. The summed E-state index contributed by atoms with van der Waals surface area (Å²) in [6.45, 7) is 1.67. The third kappa shape index (κ3) is 2.60. The lowest BCUT2D eigenvalue weighted by atomic mass is 9.81. The van der Waals surface area contributed by atoms with E-state index in [-0.39, 0.29) is 11.8 Å². The molecule has 6 heteroatoms. The zero-order chi connectivity index (χ0) is 19.1. The molecule has 140 valence electrons. The van der Waals surface area contributed by atoms with E-state index in [0.717, 1.165) is 16.8 Å². The van der Waals surface area contributed by atoms with Crippen molar-refractivity contribution in [1.82, 2.24) is 14.7 Å². The largest absolute Gasteiger partial charge is 0.337 e. The van der Waals surface area contributed by atoms with Gasteiger partial charge in [0.2, 0.25) is 5.91 Å². The fraction of sp³-hybridized carbons (Fsp3) is 0.227. The molecule has 2 aliphatic heterocycles. The minimum atomic E-state index is -0.619. The average Bonchev–Trinajstić information content (AvgIpc) is 3.44. The van der Waals surface area contributed by atoms with Gasteiger partial charge in [-0.3, -0.25) is 14.3 Å². The summed E-state index contributed by atoms with van der Waals surface area (Å²) in [6, 6.07) is 17.3. The van der Waals surface area contributed by atoms with Crippen LogP contribution in [0.4, 0.5) is 5.69 Å². The van der Waals surface area contributed by atoms with Crippen molar-refractivity contribution in [3.05, 3.63) is 83.7 Å². The van der Waals surface area contributed by atoms with Crippen molar-refractivity contribution in [2.45, 2.75) is 18.4 Å². The highest BCUT2D eigenvalue weighted by atomic mass is 16.2. The molecule has 1 aromatic heterocycles. The number of likely N-dealkylation sites (tertiary alicyclic amines) is 1. The van der Waals surface area contributed by atoms with E-state index in [9.17, 15) is 9.59 Å². The van der Waals surface area contributed by atoms with E-state index in [1.165, 1.54) is 0 Å². The second kappa shape index (κ2) is 6.34. The number of para-hydroxylation sites is 1. The van der Waals surface area contributed by atoms with Gasteiger partial charge in [0.25, 0.3) is 5.91 Å². The lowest BCUT2D eigenvalue weighted by Gasteiger charge is -2.22. The van der Waals surface area contributed by atoms with Crippen molar-refractivity contribution in [2.24, 2.45) is 0 Å². The second-order valence-electron chi connectivity index (χ2n) is 7.46. The number of carbonyl (C=O) groups excluding carboxylic acids is 2. The predicted molar refractivity (Wildman–Crippen MR) is 105 cm³/mol. The number of hydrogen-bond acceptors (Lipinski definition) is 3. The van der Waals surface area contributed by atoms with Crippen LogP contribution in [0.3, 0.4) is 0 Å². The Balaban J connectivity index is 1.34. The van der Waals surface area contributed by atoms with Crippen LogP contribution in [0.5, 0.6) is 0 Å². The molecule has 0 aliphatic carbocycles. The van der Waals surface area contributed by atoms with Gasteiger partial charge in [0, 0.05) is 36.7 Å². The molecule has 0 bridgehead atoms. The Morgan fingerprint density at radius 1 is 1.11 bits per heavy atom. The minimum absolute atomic E-state index is 0.00132. The monoisotopic (exact) mass is 372 g/mol. The van der Waals surface area contributed by atoms with Crippen molar-refractivity contribution in [3.8, 4) is 0 Å². The Kier molecular flexibility index (Phi) is 3.79. The van der Waals surface area contributed by atoms with Crippen LogP contribution < -0.4 is 5.32 Å². The molecule has 3 heterocycles. The Bertz CT molecular complexity index is 1040. The first-order valence-corrected chi connectivity index (χ1v) is 9.42. The van der Waals surface area contributed by atoms with E-state index in [4.69, 9.17) is 0 Å². The lowest BCUT2D eigenvalue weighted by molar-refractivity contribution is -0.120. The zero-order valence-electron chi connectivity index (χ0n) is 15.3. The van der Waals surface area contributed by atoms with Gasteiger partial charge >= 0.3 is 0 Å². The molecule has 1 unspecified atom stereocenters. The molecule has 1 fully saturated rings. The fourth-order valence-electron chi connectivity index (χ4n) is 4.28. The van der Waals surface area contributed by atoms with E-state index in [2.05, 4.69) is 10.4 Å². The van der Waals surface area contributed by atoms with Crippen LogP contribution >= 0.6 is 0 Å². The van der Waals surface area contributed by atoms with Crippen LogP contribution in [0.1, 0.15) is 27.9 Å². The first-order chi connectivity index (χ1) is 13.7. The zero-order valence-corrected chi connectivity index (χ0v) is 15.3. The van der Waals surface area contributed by atoms with Crippen molar-refractivity contribution in [2.75, 3.05) is 18.4 Å². The maximum Gasteiger partial charge on any atom is 0.253 e. The summed E-state index contributed by atoms with van der Waals surface area (Å²) < 4.78 is 1.84. The normalized spacial score (nSPS) is 20.4. The lowest BCUT2D eigenvalue weighted by Crippen LogP contribution is -2.39. The van der Waals surface area contributed by atoms with Crippen molar-refractivity contribution in [3.63, 3.8) is 0 Å². The third-order valence-corrected chi connectivity index (χ3v) is 5.79. The van der Waals surface area contributed by atoms with Gasteiger partial charge in [-0.25, -0.2) is 0 Å². The number of rotatable bonds is 3. The number of nitrogens with one attached hydrogen (secondary N) is 1.